The predicted octanol–water partition coefficient (Wildman–Crippen LogP) is 1.53. The molecule has 2 aliphatic heterocycles. The molecule has 0 saturated carbocycles. The molecule has 1 atom stereocenters. The Hall–Kier alpha value is -2.62. The molecule has 1 aromatic carbocycles. The van der Waals surface area contributed by atoms with Crippen LogP contribution in [0.4, 0.5) is 5.69 Å². The zero-order valence-corrected chi connectivity index (χ0v) is 19.7. The molecule has 0 radical (unpaired) electrons. The summed E-state index contributed by atoms with van der Waals surface area (Å²) >= 11 is 0. The van der Waals surface area contributed by atoms with Gasteiger partial charge in [-0.1, -0.05) is 13.0 Å². The fraction of sp³-hybridized carbons (Fsp3) is 0.583. The maximum atomic E-state index is 12.9. The van der Waals surface area contributed by atoms with Gasteiger partial charge in [0, 0.05) is 70.7 Å². The Bertz CT molecular complexity index is 904. The molecule has 0 bridgehead atoms. The van der Waals surface area contributed by atoms with Gasteiger partial charge in [-0.3, -0.25) is 14.6 Å². The minimum absolute atomic E-state index is 0.0753. The molecule has 1 aromatic heterocycles. The van der Waals surface area contributed by atoms with Crippen LogP contribution >= 0.6 is 0 Å². The van der Waals surface area contributed by atoms with Crippen molar-refractivity contribution < 1.29 is 19.1 Å². The first-order valence-electron chi connectivity index (χ1n) is 11.8. The molecule has 2 aliphatic rings. The monoisotopic (exact) mass is 457 g/mol. The highest BCUT2D eigenvalue weighted by molar-refractivity contribution is 5.92. The van der Waals surface area contributed by atoms with Crippen LogP contribution in [0.15, 0.2) is 34.9 Å². The number of benzene rings is 1. The standard InChI is InChI=1S/C24H35N5O4/c1-3-20(30)16-26-7-9-27(10-8-26)17-23-25-22(18-33-23)24(31)29-13-11-28(12-14-29)19-5-4-6-21(15-19)32-2/h4-6,15,18,20,30H,3,7-14,16-17H2,1-2H3. The lowest BCUT2D eigenvalue weighted by molar-refractivity contribution is 0.0658. The Morgan fingerprint density at radius 1 is 1.12 bits per heavy atom. The van der Waals surface area contributed by atoms with Crippen molar-refractivity contribution in [2.75, 3.05) is 70.9 Å². The molecule has 2 saturated heterocycles. The third kappa shape index (κ3) is 6.04. The number of methoxy groups -OCH3 is 1. The van der Waals surface area contributed by atoms with Crippen LogP contribution in [0, 0.1) is 0 Å². The fourth-order valence-electron chi connectivity index (χ4n) is 4.37. The number of amides is 1. The molecule has 4 rings (SSSR count). The summed E-state index contributed by atoms with van der Waals surface area (Å²) in [5, 5.41) is 9.84. The van der Waals surface area contributed by atoms with Crippen molar-refractivity contribution in [3.8, 4) is 5.75 Å². The molecule has 1 amide bonds. The van der Waals surface area contributed by atoms with E-state index in [9.17, 15) is 9.90 Å². The highest BCUT2D eigenvalue weighted by Crippen LogP contribution is 2.22. The summed E-state index contributed by atoms with van der Waals surface area (Å²) in [6, 6.07) is 8.00. The van der Waals surface area contributed by atoms with Gasteiger partial charge in [-0.25, -0.2) is 4.98 Å². The summed E-state index contributed by atoms with van der Waals surface area (Å²) in [6.45, 7) is 9.77. The highest BCUT2D eigenvalue weighted by atomic mass is 16.5. The number of carbonyl (C=O) groups excluding carboxylic acids is 1. The van der Waals surface area contributed by atoms with Crippen molar-refractivity contribution in [1.82, 2.24) is 19.7 Å². The van der Waals surface area contributed by atoms with Crippen molar-refractivity contribution >= 4 is 11.6 Å². The van der Waals surface area contributed by atoms with Crippen LogP contribution in [0.2, 0.25) is 0 Å². The Morgan fingerprint density at radius 2 is 1.85 bits per heavy atom. The predicted molar refractivity (Wildman–Crippen MR) is 126 cm³/mol. The Kier molecular flexibility index (Phi) is 7.85. The number of aliphatic hydroxyl groups excluding tert-OH is 1. The van der Waals surface area contributed by atoms with Crippen LogP contribution in [0.3, 0.4) is 0 Å². The fourth-order valence-corrected chi connectivity index (χ4v) is 4.37. The number of oxazole rings is 1. The van der Waals surface area contributed by atoms with Gasteiger partial charge in [0.1, 0.15) is 12.0 Å². The highest BCUT2D eigenvalue weighted by Gasteiger charge is 2.26. The second-order valence-electron chi connectivity index (χ2n) is 8.75. The number of piperazine rings is 2. The van der Waals surface area contributed by atoms with Crippen LogP contribution in [-0.2, 0) is 6.54 Å². The third-order valence-electron chi connectivity index (χ3n) is 6.52. The SMILES string of the molecule is CCC(O)CN1CCN(Cc2nc(C(=O)N3CCN(c4cccc(OC)c4)CC3)co2)CC1. The lowest BCUT2D eigenvalue weighted by Gasteiger charge is -2.35. The number of hydrogen-bond acceptors (Lipinski definition) is 8. The molecule has 1 N–H and O–H groups in total. The zero-order valence-electron chi connectivity index (χ0n) is 19.7. The van der Waals surface area contributed by atoms with E-state index in [1.807, 2.05) is 30.0 Å². The molecule has 9 nitrogen and oxygen atoms in total. The molecule has 9 heteroatoms. The molecule has 33 heavy (non-hydrogen) atoms. The van der Waals surface area contributed by atoms with Crippen LogP contribution in [0.25, 0.3) is 0 Å². The Labute approximate surface area is 195 Å². The van der Waals surface area contributed by atoms with Gasteiger partial charge in [0.15, 0.2) is 5.69 Å². The molecule has 180 valence electrons. The van der Waals surface area contributed by atoms with Crippen molar-refractivity contribution in [2.45, 2.75) is 26.0 Å². The average molecular weight is 458 g/mol. The summed E-state index contributed by atoms with van der Waals surface area (Å²) in [6.07, 6.45) is 2.01. The molecule has 2 aromatic rings. The lowest BCUT2D eigenvalue weighted by atomic mass is 10.2. The van der Waals surface area contributed by atoms with Crippen molar-refractivity contribution in [2.24, 2.45) is 0 Å². The van der Waals surface area contributed by atoms with Crippen LogP contribution < -0.4 is 9.64 Å². The van der Waals surface area contributed by atoms with E-state index in [0.717, 1.165) is 63.7 Å². The average Bonchev–Trinajstić information content (AvgIpc) is 3.33. The van der Waals surface area contributed by atoms with Gasteiger partial charge in [0.2, 0.25) is 5.89 Å². The van der Waals surface area contributed by atoms with Gasteiger partial charge < -0.3 is 24.1 Å². The summed E-state index contributed by atoms with van der Waals surface area (Å²) in [4.78, 5) is 26.1. The number of anilines is 1. The first-order valence-corrected chi connectivity index (χ1v) is 11.8. The number of rotatable bonds is 8. The smallest absolute Gasteiger partial charge is 0.275 e. The van der Waals surface area contributed by atoms with Crippen LogP contribution in [0.5, 0.6) is 5.75 Å². The maximum Gasteiger partial charge on any atom is 0.275 e. The largest absolute Gasteiger partial charge is 0.497 e. The lowest BCUT2D eigenvalue weighted by Crippen LogP contribution is -2.49. The number of aromatic nitrogens is 1. The van der Waals surface area contributed by atoms with E-state index in [1.54, 1.807) is 7.11 Å². The Morgan fingerprint density at radius 3 is 2.55 bits per heavy atom. The van der Waals surface area contributed by atoms with E-state index in [4.69, 9.17) is 9.15 Å². The Balaban J connectivity index is 1.25. The van der Waals surface area contributed by atoms with E-state index >= 15 is 0 Å². The second kappa shape index (κ2) is 11.0. The topological polar surface area (TPSA) is 85.5 Å². The van der Waals surface area contributed by atoms with Crippen molar-refractivity contribution in [1.29, 1.82) is 0 Å². The molecule has 2 fully saturated rings. The van der Waals surface area contributed by atoms with E-state index in [0.29, 0.717) is 31.2 Å². The molecule has 1 unspecified atom stereocenters. The van der Waals surface area contributed by atoms with Gasteiger partial charge in [0.05, 0.1) is 19.8 Å². The van der Waals surface area contributed by atoms with Gasteiger partial charge in [-0.15, -0.1) is 0 Å². The summed E-state index contributed by atoms with van der Waals surface area (Å²) in [7, 11) is 1.67. The summed E-state index contributed by atoms with van der Waals surface area (Å²) in [5.74, 6) is 1.34. The zero-order chi connectivity index (χ0) is 23.2. The first-order chi connectivity index (χ1) is 16.1. The summed E-state index contributed by atoms with van der Waals surface area (Å²) in [5.41, 5.74) is 1.49. The van der Waals surface area contributed by atoms with Gasteiger partial charge >= 0.3 is 0 Å². The molecule has 3 heterocycles. The number of β-amino-alcohol motifs (C(OH)–C–C–N with tert-alkyl or cyclic N) is 1. The van der Waals surface area contributed by atoms with Crippen LogP contribution in [0.1, 0.15) is 29.7 Å². The third-order valence-corrected chi connectivity index (χ3v) is 6.52. The van der Waals surface area contributed by atoms with E-state index in [-0.39, 0.29) is 12.0 Å². The quantitative estimate of drug-likeness (QED) is 0.639. The second-order valence-corrected chi connectivity index (χ2v) is 8.75. The van der Waals surface area contributed by atoms with Crippen LogP contribution in [-0.4, -0.2) is 103 Å². The number of ether oxygens (including phenoxy) is 1. The minimum Gasteiger partial charge on any atom is -0.497 e. The molecular formula is C24H35N5O4. The number of nitrogens with zero attached hydrogens (tertiary/aromatic N) is 5. The maximum absolute atomic E-state index is 12.9. The molecule has 0 spiro atoms. The van der Waals surface area contributed by atoms with Gasteiger partial charge in [-0.2, -0.15) is 0 Å². The van der Waals surface area contributed by atoms with Crippen molar-refractivity contribution in [3.63, 3.8) is 0 Å². The molecular weight excluding hydrogens is 422 g/mol. The first kappa shape index (κ1) is 23.5. The number of aliphatic hydroxyl groups is 1. The molecule has 0 aliphatic carbocycles. The minimum atomic E-state index is -0.255. The van der Waals surface area contributed by atoms with E-state index in [1.165, 1.54) is 6.26 Å². The number of carbonyl (C=O) groups is 1. The van der Waals surface area contributed by atoms with Gasteiger partial charge in [-0.05, 0) is 18.6 Å². The van der Waals surface area contributed by atoms with E-state index in [2.05, 4.69) is 25.8 Å². The number of hydrogen-bond donors (Lipinski definition) is 1. The summed E-state index contributed by atoms with van der Waals surface area (Å²) < 4.78 is 10.9. The van der Waals surface area contributed by atoms with Gasteiger partial charge in [0.25, 0.3) is 5.91 Å². The van der Waals surface area contributed by atoms with E-state index < -0.39 is 0 Å². The normalized spacial score (nSPS) is 19.0. The van der Waals surface area contributed by atoms with Crippen molar-refractivity contribution in [3.05, 3.63) is 42.1 Å².